The molecule has 0 spiro atoms. The summed E-state index contributed by atoms with van der Waals surface area (Å²) in [5.41, 5.74) is 4.74. The summed E-state index contributed by atoms with van der Waals surface area (Å²) in [6.07, 6.45) is 14.2. The third-order valence-electron chi connectivity index (χ3n) is 5.82. The lowest BCUT2D eigenvalue weighted by atomic mass is 9.95. The van der Waals surface area contributed by atoms with E-state index in [0.29, 0.717) is 0 Å². The largest absolute Gasteiger partial charge is 0.305 e. The average Bonchev–Trinajstić information content (AvgIpc) is 2.67. The summed E-state index contributed by atoms with van der Waals surface area (Å²) in [6, 6.07) is 0. The average molecular weight is 399 g/mol. The van der Waals surface area contributed by atoms with Crippen LogP contribution in [0.4, 0.5) is 0 Å². The van der Waals surface area contributed by atoms with Gasteiger partial charge in [-0.25, -0.2) is 0 Å². The molecule has 27 heavy (non-hydrogen) atoms. The van der Waals surface area contributed by atoms with Crippen molar-refractivity contribution in [3.63, 3.8) is 0 Å². The van der Waals surface area contributed by atoms with Crippen LogP contribution in [0, 0.1) is 0 Å². The number of alkyl halides is 1. The molecule has 5 heteroatoms. The van der Waals surface area contributed by atoms with Crippen molar-refractivity contribution >= 4 is 17.3 Å². The van der Waals surface area contributed by atoms with Crippen molar-refractivity contribution in [2.24, 2.45) is 15.3 Å². The molecule has 0 aliphatic heterocycles. The molecule has 1 N–H and O–H groups in total. The highest BCUT2D eigenvalue weighted by molar-refractivity contribution is 6.23. The fourth-order valence-corrected chi connectivity index (χ4v) is 3.18. The molecule has 0 radical (unpaired) electrons. The van der Waals surface area contributed by atoms with E-state index in [1.165, 1.54) is 57.1 Å². The van der Waals surface area contributed by atoms with E-state index in [4.69, 9.17) is 11.6 Å². The zero-order valence-electron chi connectivity index (χ0n) is 18.7. The smallest absolute Gasteiger partial charge is 0.154 e. The number of nitrogens with one attached hydrogen (secondary N) is 1. The zero-order valence-corrected chi connectivity index (χ0v) is 19.5. The van der Waals surface area contributed by atoms with Crippen molar-refractivity contribution in [2.75, 3.05) is 0 Å². The van der Waals surface area contributed by atoms with Crippen molar-refractivity contribution in [1.29, 1.82) is 0 Å². The topological polar surface area (TPSA) is 49.1 Å². The number of hydrogen-bond acceptors (Lipinski definition) is 4. The van der Waals surface area contributed by atoms with Crippen LogP contribution in [0.2, 0.25) is 0 Å². The van der Waals surface area contributed by atoms with Gasteiger partial charge in [-0.05, 0) is 91.9 Å². The van der Waals surface area contributed by atoms with Crippen LogP contribution in [-0.2, 0) is 0 Å². The molecule has 0 heterocycles. The highest BCUT2D eigenvalue weighted by Gasteiger charge is 2.30. The van der Waals surface area contributed by atoms with E-state index < -0.39 is 0 Å². The SMILES string of the molecule is CCC(C)(C)N=NC1(Cl)CCCCC1.CCC(C)(C)NN=C1CCCCC1. The number of hydrogen-bond donors (Lipinski definition) is 1. The summed E-state index contributed by atoms with van der Waals surface area (Å²) in [5.74, 6) is 0. The van der Waals surface area contributed by atoms with E-state index in [-0.39, 0.29) is 16.1 Å². The second-order valence-corrected chi connectivity index (χ2v) is 10.1. The first-order chi connectivity index (χ1) is 12.6. The molecule has 0 aromatic rings. The number of hydrazone groups is 1. The lowest BCUT2D eigenvalue weighted by Crippen LogP contribution is -2.35. The quantitative estimate of drug-likeness (QED) is 0.213. The molecule has 158 valence electrons. The summed E-state index contributed by atoms with van der Waals surface area (Å²) >= 11 is 6.38. The standard InChI is InChI=1S/C11H21ClN2.C11H22N2/c1-4-10(2,3)13-14-11(12)8-6-5-7-9-11;1-4-11(2,3)13-12-10-8-6-5-7-9-10/h4-9H2,1-3H3;13H,4-9H2,1-3H3. The number of azo groups is 1. The fourth-order valence-electron chi connectivity index (χ4n) is 2.87. The summed E-state index contributed by atoms with van der Waals surface area (Å²) in [5, 5.41) is 13.2. The Morgan fingerprint density at radius 3 is 1.96 bits per heavy atom. The summed E-state index contributed by atoms with van der Waals surface area (Å²) in [4.78, 5) is -0.384. The number of rotatable bonds is 6. The normalized spacial score (nSPS) is 20.8. The molecule has 2 aliphatic rings. The Labute approximate surface area is 173 Å². The van der Waals surface area contributed by atoms with E-state index in [9.17, 15) is 0 Å². The van der Waals surface area contributed by atoms with Gasteiger partial charge in [-0.1, -0.05) is 38.3 Å². The predicted molar refractivity (Wildman–Crippen MR) is 119 cm³/mol. The summed E-state index contributed by atoms with van der Waals surface area (Å²) in [6.45, 7) is 12.9. The highest BCUT2D eigenvalue weighted by Crippen LogP contribution is 2.36. The van der Waals surface area contributed by atoms with E-state index in [2.05, 4.69) is 62.3 Å². The van der Waals surface area contributed by atoms with Crippen LogP contribution in [0.15, 0.2) is 15.3 Å². The molecule has 2 rings (SSSR count). The van der Waals surface area contributed by atoms with Crippen molar-refractivity contribution in [3.8, 4) is 0 Å². The van der Waals surface area contributed by atoms with Gasteiger partial charge in [0.05, 0.1) is 5.54 Å². The van der Waals surface area contributed by atoms with Gasteiger partial charge in [0.25, 0.3) is 0 Å². The van der Waals surface area contributed by atoms with Crippen molar-refractivity contribution in [2.45, 2.75) is 135 Å². The maximum atomic E-state index is 6.38. The van der Waals surface area contributed by atoms with Crippen molar-refractivity contribution in [1.82, 2.24) is 5.43 Å². The van der Waals surface area contributed by atoms with Gasteiger partial charge in [0, 0.05) is 11.3 Å². The monoisotopic (exact) mass is 398 g/mol. The van der Waals surface area contributed by atoms with Gasteiger partial charge in [-0.2, -0.15) is 15.3 Å². The minimum absolute atomic E-state index is 0.0562. The molecule has 0 amide bonds. The molecule has 0 bridgehead atoms. The molecule has 2 saturated carbocycles. The maximum absolute atomic E-state index is 6.38. The van der Waals surface area contributed by atoms with Crippen LogP contribution in [0.5, 0.6) is 0 Å². The van der Waals surface area contributed by atoms with Crippen LogP contribution in [0.3, 0.4) is 0 Å². The Morgan fingerprint density at radius 2 is 1.44 bits per heavy atom. The molecular formula is C22H43ClN4. The van der Waals surface area contributed by atoms with Gasteiger partial charge in [0.1, 0.15) is 0 Å². The molecule has 4 nitrogen and oxygen atoms in total. The van der Waals surface area contributed by atoms with Crippen LogP contribution in [0.25, 0.3) is 0 Å². The molecular weight excluding hydrogens is 356 g/mol. The lowest BCUT2D eigenvalue weighted by Gasteiger charge is -2.27. The highest BCUT2D eigenvalue weighted by atomic mass is 35.5. The first-order valence-corrected chi connectivity index (χ1v) is 11.4. The Morgan fingerprint density at radius 1 is 0.889 bits per heavy atom. The second kappa shape index (κ2) is 11.4. The lowest BCUT2D eigenvalue weighted by molar-refractivity contribution is 0.362. The maximum Gasteiger partial charge on any atom is 0.154 e. The molecule has 2 fully saturated rings. The first kappa shape index (κ1) is 24.4. The number of halogens is 1. The van der Waals surface area contributed by atoms with E-state index in [1.807, 2.05) is 0 Å². The minimum Gasteiger partial charge on any atom is -0.305 e. The molecule has 0 atom stereocenters. The van der Waals surface area contributed by atoms with E-state index >= 15 is 0 Å². The Kier molecular flexibility index (Phi) is 10.3. The van der Waals surface area contributed by atoms with Crippen LogP contribution in [0.1, 0.15) is 119 Å². The second-order valence-electron chi connectivity index (χ2n) is 9.43. The van der Waals surface area contributed by atoms with Crippen molar-refractivity contribution < 1.29 is 0 Å². The Hall–Kier alpha value is -0.640. The van der Waals surface area contributed by atoms with Gasteiger partial charge in [-0.3, -0.25) is 0 Å². The number of nitrogens with zero attached hydrogens (tertiary/aromatic N) is 3. The third kappa shape index (κ3) is 10.5. The summed E-state index contributed by atoms with van der Waals surface area (Å²) in [7, 11) is 0. The van der Waals surface area contributed by atoms with Crippen LogP contribution >= 0.6 is 11.6 Å². The molecule has 0 unspecified atom stereocenters. The Balaban J connectivity index is 0.000000271. The Bertz CT molecular complexity index is 469. The molecule has 0 saturated heterocycles. The van der Waals surface area contributed by atoms with E-state index in [1.54, 1.807) is 0 Å². The van der Waals surface area contributed by atoms with Gasteiger partial charge < -0.3 is 5.43 Å². The van der Waals surface area contributed by atoms with Crippen LogP contribution < -0.4 is 5.43 Å². The van der Waals surface area contributed by atoms with Gasteiger partial charge in [0.15, 0.2) is 5.00 Å². The summed E-state index contributed by atoms with van der Waals surface area (Å²) < 4.78 is 0. The molecule has 2 aliphatic carbocycles. The minimum atomic E-state index is -0.384. The van der Waals surface area contributed by atoms with Crippen molar-refractivity contribution in [3.05, 3.63) is 0 Å². The fraction of sp³-hybridized carbons (Fsp3) is 0.955. The molecule has 0 aromatic heterocycles. The van der Waals surface area contributed by atoms with E-state index in [0.717, 1.165) is 25.7 Å². The van der Waals surface area contributed by atoms with Gasteiger partial charge >= 0.3 is 0 Å². The van der Waals surface area contributed by atoms with Gasteiger partial charge in [-0.15, -0.1) is 0 Å². The van der Waals surface area contributed by atoms with Gasteiger partial charge in [0.2, 0.25) is 0 Å². The predicted octanol–water partition coefficient (Wildman–Crippen LogP) is 7.61. The van der Waals surface area contributed by atoms with Crippen LogP contribution in [-0.4, -0.2) is 21.8 Å². The third-order valence-corrected chi connectivity index (χ3v) is 6.27. The molecule has 0 aromatic carbocycles. The zero-order chi connectivity index (χ0) is 20.4. The first-order valence-electron chi connectivity index (χ1n) is 11.1.